The highest BCUT2D eigenvalue weighted by Crippen LogP contribution is 2.01. The first-order chi connectivity index (χ1) is 6.61. The maximum Gasteiger partial charge on any atom is 0.261 e. The maximum atomic E-state index is 10.9. The number of aliphatic hydroxyl groups is 1. The third-order valence-corrected chi connectivity index (χ3v) is 1.33. The van der Waals surface area contributed by atoms with Crippen LogP contribution < -0.4 is 11.3 Å². The summed E-state index contributed by atoms with van der Waals surface area (Å²) in [6.07, 6.45) is 3.57. The molecule has 0 atom stereocenters. The van der Waals surface area contributed by atoms with Gasteiger partial charge in [0.25, 0.3) is 5.91 Å². The van der Waals surface area contributed by atoms with Crippen LogP contribution in [0.1, 0.15) is 34.1 Å². The number of nitrogens with two attached hydrogens (primary N) is 1. The molecule has 0 unspecified atom stereocenters. The molecule has 0 saturated heterocycles. The SMILES string of the molecule is CC.CC/C(=C\C=C(/C)O)C(=O)NN. The number of hydrazine groups is 1. The van der Waals surface area contributed by atoms with E-state index in [4.69, 9.17) is 10.9 Å². The van der Waals surface area contributed by atoms with Gasteiger partial charge in [0.2, 0.25) is 0 Å². The van der Waals surface area contributed by atoms with Crippen molar-refractivity contribution < 1.29 is 9.90 Å². The van der Waals surface area contributed by atoms with E-state index in [1.165, 1.54) is 19.1 Å². The van der Waals surface area contributed by atoms with E-state index in [1.807, 2.05) is 26.2 Å². The summed E-state index contributed by atoms with van der Waals surface area (Å²) in [6, 6.07) is 0. The molecule has 0 bridgehead atoms. The number of amides is 1. The first kappa shape index (κ1) is 15.2. The number of hydrogen-bond donors (Lipinski definition) is 3. The molecular weight excluding hydrogens is 180 g/mol. The minimum absolute atomic E-state index is 0.158. The normalized spacial score (nSPS) is 11.5. The fourth-order valence-corrected chi connectivity index (χ4v) is 0.668. The molecule has 0 heterocycles. The summed E-state index contributed by atoms with van der Waals surface area (Å²) in [5.41, 5.74) is 2.55. The quantitative estimate of drug-likeness (QED) is 0.162. The van der Waals surface area contributed by atoms with Crippen molar-refractivity contribution in [2.24, 2.45) is 5.84 Å². The summed E-state index contributed by atoms with van der Waals surface area (Å²) >= 11 is 0. The molecule has 0 aromatic carbocycles. The van der Waals surface area contributed by atoms with Crippen molar-refractivity contribution in [1.29, 1.82) is 0 Å². The van der Waals surface area contributed by atoms with E-state index in [-0.39, 0.29) is 11.7 Å². The van der Waals surface area contributed by atoms with Crippen molar-refractivity contribution in [2.45, 2.75) is 34.1 Å². The molecule has 0 saturated carbocycles. The Morgan fingerprint density at radius 1 is 1.43 bits per heavy atom. The number of hydrogen-bond acceptors (Lipinski definition) is 3. The summed E-state index contributed by atoms with van der Waals surface area (Å²) in [5, 5.41) is 8.80. The van der Waals surface area contributed by atoms with Gasteiger partial charge in [0.1, 0.15) is 0 Å². The number of nitrogens with one attached hydrogen (secondary N) is 1. The van der Waals surface area contributed by atoms with Crippen LogP contribution in [0.3, 0.4) is 0 Å². The first-order valence-electron chi connectivity index (χ1n) is 4.69. The molecule has 4 nitrogen and oxygen atoms in total. The summed E-state index contributed by atoms with van der Waals surface area (Å²) in [4.78, 5) is 10.9. The average molecular weight is 200 g/mol. The van der Waals surface area contributed by atoms with Crippen LogP contribution in [-0.2, 0) is 4.79 Å². The van der Waals surface area contributed by atoms with Crippen LogP contribution in [0, 0.1) is 0 Å². The monoisotopic (exact) mass is 200 g/mol. The number of rotatable bonds is 3. The number of carbonyl (C=O) groups excluding carboxylic acids is 1. The Bertz CT molecular complexity index is 216. The lowest BCUT2D eigenvalue weighted by Crippen LogP contribution is -2.31. The van der Waals surface area contributed by atoms with E-state index in [9.17, 15) is 4.79 Å². The molecule has 14 heavy (non-hydrogen) atoms. The van der Waals surface area contributed by atoms with Gasteiger partial charge in [0.15, 0.2) is 0 Å². The second-order valence-corrected chi connectivity index (χ2v) is 2.33. The maximum absolute atomic E-state index is 10.9. The molecule has 1 amide bonds. The molecule has 0 aliphatic rings. The van der Waals surface area contributed by atoms with Crippen LogP contribution in [0.4, 0.5) is 0 Å². The average Bonchev–Trinajstić information content (AvgIpc) is 2.21. The van der Waals surface area contributed by atoms with Crippen molar-refractivity contribution in [3.8, 4) is 0 Å². The standard InChI is InChI=1S/C8H14N2O2.C2H6/c1-3-7(8(12)10-9)5-4-6(2)11;1-2/h4-5,11H,3,9H2,1-2H3,(H,10,12);1-2H3/b6-4+,7-5+;. The Labute approximate surface area is 85.5 Å². The van der Waals surface area contributed by atoms with Crippen molar-refractivity contribution in [2.75, 3.05) is 0 Å². The van der Waals surface area contributed by atoms with Gasteiger partial charge in [-0.1, -0.05) is 26.8 Å². The molecule has 0 aromatic rings. The molecule has 0 rings (SSSR count). The topological polar surface area (TPSA) is 75.3 Å². The van der Waals surface area contributed by atoms with Crippen molar-refractivity contribution in [3.63, 3.8) is 0 Å². The second-order valence-electron chi connectivity index (χ2n) is 2.33. The molecule has 0 radical (unpaired) electrons. The van der Waals surface area contributed by atoms with Crippen molar-refractivity contribution >= 4 is 5.91 Å². The van der Waals surface area contributed by atoms with Gasteiger partial charge in [0.05, 0.1) is 5.76 Å². The molecule has 0 aliphatic heterocycles. The zero-order valence-corrected chi connectivity index (χ0v) is 9.29. The zero-order valence-electron chi connectivity index (χ0n) is 9.29. The molecule has 0 fully saturated rings. The molecule has 4 N–H and O–H groups in total. The number of aliphatic hydroxyl groups excluding tert-OH is 1. The lowest BCUT2D eigenvalue weighted by atomic mass is 10.2. The highest BCUT2D eigenvalue weighted by molar-refractivity contribution is 5.93. The van der Waals surface area contributed by atoms with Crippen LogP contribution >= 0.6 is 0 Å². The van der Waals surface area contributed by atoms with E-state index in [0.29, 0.717) is 12.0 Å². The minimum atomic E-state index is -0.324. The number of allylic oxidation sites excluding steroid dienone is 3. The van der Waals surface area contributed by atoms with Gasteiger partial charge in [-0.3, -0.25) is 10.2 Å². The Balaban J connectivity index is 0. The Morgan fingerprint density at radius 3 is 2.21 bits per heavy atom. The predicted octanol–water partition coefficient (Wildman–Crippen LogP) is 1.80. The summed E-state index contributed by atoms with van der Waals surface area (Å²) < 4.78 is 0. The Morgan fingerprint density at radius 2 is 1.93 bits per heavy atom. The summed E-state index contributed by atoms with van der Waals surface area (Å²) in [6.45, 7) is 7.37. The molecule has 0 aromatic heterocycles. The highest BCUT2D eigenvalue weighted by Gasteiger charge is 2.02. The van der Waals surface area contributed by atoms with Gasteiger partial charge in [0, 0.05) is 5.57 Å². The van der Waals surface area contributed by atoms with Gasteiger partial charge in [-0.25, -0.2) is 5.84 Å². The lowest BCUT2D eigenvalue weighted by molar-refractivity contribution is -0.117. The van der Waals surface area contributed by atoms with E-state index in [0.717, 1.165) is 0 Å². The molecule has 82 valence electrons. The second kappa shape index (κ2) is 9.80. The van der Waals surface area contributed by atoms with E-state index < -0.39 is 0 Å². The van der Waals surface area contributed by atoms with E-state index >= 15 is 0 Å². The molecule has 4 heteroatoms. The lowest BCUT2D eigenvalue weighted by Gasteiger charge is -1.99. The van der Waals surface area contributed by atoms with Crippen molar-refractivity contribution in [1.82, 2.24) is 5.43 Å². The summed E-state index contributed by atoms with van der Waals surface area (Å²) in [7, 11) is 0. The van der Waals surface area contributed by atoms with Crippen LogP contribution in [0.25, 0.3) is 0 Å². The van der Waals surface area contributed by atoms with Crippen LogP contribution in [0.2, 0.25) is 0 Å². The summed E-state index contributed by atoms with van der Waals surface area (Å²) in [5.74, 6) is 4.77. The van der Waals surface area contributed by atoms with Gasteiger partial charge in [-0.15, -0.1) is 0 Å². The van der Waals surface area contributed by atoms with Crippen molar-refractivity contribution in [3.05, 3.63) is 23.5 Å². The number of carbonyl (C=O) groups is 1. The van der Waals surface area contributed by atoms with E-state index in [2.05, 4.69) is 0 Å². The largest absolute Gasteiger partial charge is 0.513 e. The van der Waals surface area contributed by atoms with E-state index in [1.54, 1.807) is 0 Å². The van der Waals surface area contributed by atoms with Gasteiger partial charge in [-0.05, 0) is 19.4 Å². The van der Waals surface area contributed by atoms with Gasteiger partial charge < -0.3 is 5.11 Å². The molecular formula is C10H20N2O2. The molecule has 0 aliphatic carbocycles. The first-order valence-corrected chi connectivity index (χ1v) is 4.69. The van der Waals surface area contributed by atoms with Gasteiger partial charge in [-0.2, -0.15) is 0 Å². The third kappa shape index (κ3) is 7.36. The third-order valence-electron chi connectivity index (χ3n) is 1.33. The highest BCUT2D eigenvalue weighted by atomic mass is 16.3. The predicted molar refractivity (Wildman–Crippen MR) is 58.4 cm³/mol. The Kier molecular flexibility index (Phi) is 10.6. The van der Waals surface area contributed by atoms with Crippen LogP contribution in [0.5, 0.6) is 0 Å². The molecule has 0 spiro atoms. The fourth-order valence-electron chi connectivity index (χ4n) is 0.668. The smallest absolute Gasteiger partial charge is 0.261 e. The van der Waals surface area contributed by atoms with Crippen LogP contribution in [-0.4, -0.2) is 11.0 Å². The zero-order chi connectivity index (χ0) is 11.6. The Hall–Kier alpha value is -1.29. The van der Waals surface area contributed by atoms with Crippen LogP contribution in [0.15, 0.2) is 23.5 Å². The minimum Gasteiger partial charge on any atom is -0.513 e. The van der Waals surface area contributed by atoms with Gasteiger partial charge >= 0.3 is 0 Å². The fraction of sp³-hybridized carbons (Fsp3) is 0.500.